The van der Waals surface area contributed by atoms with Crippen LogP contribution in [0.3, 0.4) is 0 Å². The topological polar surface area (TPSA) is 65.1 Å². The number of nitrogens with zero attached hydrogens (tertiary/aromatic N) is 1. The monoisotopic (exact) mass is 449 g/mol. The van der Waals surface area contributed by atoms with Crippen molar-refractivity contribution in [2.45, 2.75) is 73.1 Å². The van der Waals surface area contributed by atoms with Crippen LogP contribution in [0.2, 0.25) is 0 Å². The zero-order valence-electron chi connectivity index (χ0n) is 21.2. The molecule has 32 heavy (non-hydrogen) atoms. The second-order valence-electron chi connectivity index (χ2n) is 9.80. The lowest BCUT2D eigenvalue weighted by Gasteiger charge is -2.26. The molecule has 0 aromatic heterocycles. The van der Waals surface area contributed by atoms with Crippen LogP contribution >= 0.6 is 0 Å². The van der Waals surface area contributed by atoms with Gasteiger partial charge in [0.15, 0.2) is 0 Å². The van der Waals surface area contributed by atoms with Gasteiger partial charge in [0.25, 0.3) is 0 Å². The third-order valence-corrected chi connectivity index (χ3v) is 5.44. The summed E-state index contributed by atoms with van der Waals surface area (Å²) >= 11 is 0. The zero-order chi connectivity index (χ0) is 24.1. The van der Waals surface area contributed by atoms with Gasteiger partial charge < -0.3 is 19.1 Å². The maximum atomic E-state index is 11.5. The number of esters is 2. The average molecular weight is 450 g/mol. The van der Waals surface area contributed by atoms with Crippen LogP contribution in [-0.4, -0.2) is 45.9 Å². The Bertz CT molecular complexity index is 689. The first-order valence-corrected chi connectivity index (χ1v) is 11.7. The smallest absolute Gasteiger partial charge is 0.305 e. The van der Waals surface area contributed by atoms with Crippen molar-refractivity contribution in [3.05, 3.63) is 23.8 Å². The summed E-state index contributed by atoms with van der Waals surface area (Å²) in [6.07, 6.45) is 4.28. The molecule has 0 bridgehead atoms. The molecular formula is C26H43NO5. The molecule has 0 aliphatic heterocycles. The number of hydrogen-bond donors (Lipinski definition) is 0. The lowest BCUT2D eigenvalue weighted by molar-refractivity contribution is -0.141. The van der Waals surface area contributed by atoms with E-state index in [9.17, 15) is 9.59 Å². The van der Waals surface area contributed by atoms with Crippen molar-refractivity contribution in [2.75, 3.05) is 38.8 Å². The molecule has 0 aliphatic carbocycles. The van der Waals surface area contributed by atoms with Gasteiger partial charge in [-0.15, -0.1) is 0 Å². The minimum atomic E-state index is -0.211. The van der Waals surface area contributed by atoms with Crippen molar-refractivity contribution in [1.82, 2.24) is 0 Å². The Morgan fingerprint density at radius 2 is 1.56 bits per heavy atom. The Balaban J connectivity index is 2.79. The second-order valence-corrected chi connectivity index (χ2v) is 9.80. The summed E-state index contributed by atoms with van der Waals surface area (Å²) in [4.78, 5) is 25.2. The SMILES string of the molecule is COC(=O)CCCN(CCCC(=O)OC)c1ccc(C)c(OCCC(C)CC(C)(C)C)c1. The normalized spacial score (nSPS) is 12.2. The van der Waals surface area contributed by atoms with Crippen molar-refractivity contribution in [2.24, 2.45) is 11.3 Å². The Morgan fingerprint density at radius 3 is 2.06 bits per heavy atom. The molecule has 0 saturated heterocycles. The largest absolute Gasteiger partial charge is 0.493 e. The summed E-state index contributed by atoms with van der Waals surface area (Å²) in [6, 6.07) is 6.21. The summed E-state index contributed by atoms with van der Waals surface area (Å²) in [5.41, 5.74) is 2.45. The van der Waals surface area contributed by atoms with E-state index in [-0.39, 0.29) is 11.9 Å². The highest BCUT2D eigenvalue weighted by Gasteiger charge is 2.16. The lowest BCUT2D eigenvalue weighted by Crippen LogP contribution is -2.27. The van der Waals surface area contributed by atoms with Gasteiger partial charge >= 0.3 is 11.9 Å². The van der Waals surface area contributed by atoms with E-state index in [2.05, 4.69) is 57.7 Å². The van der Waals surface area contributed by atoms with Crippen molar-refractivity contribution < 1.29 is 23.8 Å². The number of benzene rings is 1. The van der Waals surface area contributed by atoms with Gasteiger partial charge in [-0.25, -0.2) is 0 Å². The lowest BCUT2D eigenvalue weighted by atomic mass is 9.84. The van der Waals surface area contributed by atoms with E-state index >= 15 is 0 Å². The van der Waals surface area contributed by atoms with Gasteiger partial charge in [-0.05, 0) is 55.6 Å². The van der Waals surface area contributed by atoms with Crippen LogP contribution in [0.5, 0.6) is 5.75 Å². The zero-order valence-corrected chi connectivity index (χ0v) is 21.2. The first-order valence-electron chi connectivity index (χ1n) is 11.7. The van der Waals surface area contributed by atoms with E-state index in [0.29, 0.717) is 56.7 Å². The van der Waals surface area contributed by atoms with E-state index in [1.165, 1.54) is 20.6 Å². The highest BCUT2D eigenvalue weighted by atomic mass is 16.5. The number of anilines is 1. The molecule has 1 atom stereocenters. The van der Waals surface area contributed by atoms with Crippen molar-refractivity contribution >= 4 is 17.6 Å². The van der Waals surface area contributed by atoms with Gasteiger partial charge in [-0.2, -0.15) is 0 Å². The quantitative estimate of drug-likeness (QED) is 0.347. The molecule has 1 aromatic carbocycles. The number of carbonyl (C=O) groups excluding carboxylic acids is 2. The van der Waals surface area contributed by atoms with Crippen LogP contribution in [0.25, 0.3) is 0 Å². The minimum absolute atomic E-state index is 0.211. The third-order valence-electron chi connectivity index (χ3n) is 5.44. The first-order chi connectivity index (χ1) is 15.1. The van der Waals surface area contributed by atoms with E-state index in [0.717, 1.165) is 23.4 Å². The molecule has 0 saturated carbocycles. The molecule has 1 unspecified atom stereocenters. The van der Waals surface area contributed by atoms with E-state index < -0.39 is 0 Å². The Kier molecular flexibility index (Phi) is 12.2. The van der Waals surface area contributed by atoms with Gasteiger partial charge in [-0.3, -0.25) is 9.59 Å². The summed E-state index contributed by atoms with van der Waals surface area (Å²) in [5, 5.41) is 0. The second kappa shape index (κ2) is 14.0. The fourth-order valence-electron chi connectivity index (χ4n) is 3.86. The molecule has 0 aliphatic rings. The van der Waals surface area contributed by atoms with Crippen LogP contribution < -0.4 is 9.64 Å². The van der Waals surface area contributed by atoms with Crippen molar-refractivity contribution in [3.8, 4) is 5.75 Å². The Labute approximate surface area is 194 Å². The molecule has 0 N–H and O–H groups in total. The maximum Gasteiger partial charge on any atom is 0.305 e. The summed E-state index contributed by atoms with van der Waals surface area (Å²) in [7, 11) is 2.81. The predicted molar refractivity (Wildman–Crippen MR) is 129 cm³/mol. The molecule has 1 rings (SSSR count). The van der Waals surface area contributed by atoms with Gasteiger partial charge in [0, 0.05) is 37.7 Å². The number of ether oxygens (including phenoxy) is 3. The molecule has 6 nitrogen and oxygen atoms in total. The molecule has 0 spiro atoms. The first kappa shape index (κ1) is 27.8. The van der Waals surface area contributed by atoms with Gasteiger partial charge in [0.05, 0.1) is 20.8 Å². The summed E-state index contributed by atoms with van der Waals surface area (Å²) in [6.45, 7) is 13.2. The summed E-state index contributed by atoms with van der Waals surface area (Å²) in [5.74, 6) is 1.07. The molecule has 6 heteroatoms. The number of rotatable bonds is 14. The Hall–Kier alpha value is -2.24. The number of carbonyl (C=O) groups is 2. The average Bonchev–Trinajstić information content (AvgIpc) is 2.72. The summed E-state index contributed by atoms with van der Waals surface area (Å²) < 4.78 is 15.7. The van der Waals surface area contributed by atoms with Crippen LogP contribution in [0.4, 0.5) is 5.69 Å². The fourth-order valence-corrected chi connectivity index (χ4v) is 3.86. The van der Waals surface area contributed by atoms with Gasteiger partial charge in [-0.1, -0.05) is 33.8 Å². The molecule has 0 radical (unpaired) electrons. The highest BCUT2D eigenvalue weighted by Crippen LogP contribution is 2.28. The van der Waals surface area contributed by atoms with Crippen LogP contribution in [0.1, 0.15) is 71.8 Å². The van der Waals surface area contributed by atoms with E-state index in [4.69, 9.17) is 14.2 Å². The van der Waals surface area contributed by atoms with Crippen molar-refractivity contribution in [1.29, 1.82) is 0 Å². The highest BCUT2D eigenvalue weighted by molar-refractivity contribution is 5.69. The van der Waals surface area contributed by atoms with Gasteiger partial charge in [0.1, 0.15) is 5.75 Å². The number of hydrogen-bond acceptors (Lipinski definition) is 6. The van der Waals surface area contributed by atoms with Gasteiger partial charge in [0.2, 0.25) is 0 Å². The number of aryl methyl sites for hydroxylation is 1. The molecule has 1 aromatic rings. The van der Waals surface area contributed by atoms with Crippen LogP contribution in [-0.2, 0) is 19.1 Å². The molecule has 0 amide bonds. The molecule has 0 fully saturated rings. The molecular weight excluding hydrogens is 406 g/mol. The Morgan fingerprint density at radius 1 is 1.00 bits per heavy atom. The molecule has 0 heterocycles. The maximum absolute atomic E-state index is 11.5. The minimum Gasteiger partial charge on any atom is -0.493 e. The van der Waals surface area contributed by atoms with E-state index in [1.807, 2.05) is 0 Å². The van der Waals surface area contributed by atoms with Crippen LogP contribution in [0.15, 0.2) is 18.2 Å². The fraction of sp³-hybridized carbons (Fsp3) is 0.692. The number of methoxy groups -OCH3 is 2. The van der Waals surface area contributed by atoms with E-state index in [1.54, 1.807) is 0 Å². The third kappa shape index (κ3) is 11.4. The standard InChI is InChI=1S/C26H43NO5/c1-20(19-26(3,4)5)14-17-32-23-18-22(13-12-21(23)2)27(15-8-10-24(28)30-6)16-9-11-25(29)31-7/h12-13,18,20H,8-11,14-17,19H2,1-7H3. The van der Waals surface area contributed by atoms with Crippen molar-refractivity contribution in [3.63, 3.8) is 0 Å². The predicted octanol–water partition coefficient (Wildman–Crippen LogP) is 5.55. The molecule has 182 valence electrons. The van der Waals surface area contributed by atoms with Crippen LogP contribution in [0, 0.1) is 18.3 Å².